The molecule has 3 aromatic carbocycles. The van der Waals surface area contributed by atoms with Crippen molar-refractivity contribution in [2.45, 2.75) is 33.1 Å². The molecule has 1 amide bonds. The van der Waals surface area contributed by atoms with Gasteiger partial charge in [-0.3, -0.25) is 10.1 Å². The Balaban J connectivity index is 1.41. The number of carbonyl (C=O) groups is 1. The standard InChI is InChI=1S/C28H29N5O2S/c1-4-5-6-20-7-12-22(13-8-20)33-31-25-17-19(2)24(18-26(25)32-33)29-28(36)30-27(34)16-11-21-9-14-23(35-3)15-10-21/h7-18H,4-6H2,1-3H3,(H2,29,30,34,36)/b16-11+. The lowest BCUT2D eigenvalue weighted by molar-refractivity contribution is -0.115. The van der Waals surface area contributed by atoms with Gasteiger partial charge in [-0.05, 0) is 91.1 Å². The molecule has 4 rings (SSSR count). The number of carbonyl (C=O) groups excluding carboxylic acids is 1. The number of benzene rings is 3. The van der Waals surface area contributed by atoms with E-state index >= 15 is 0 Å². The molecule has 0 unspecified atom stereocenters. The van der Waals surface area contributed by atoms with E-state index in [9.17, 15) is 4.79 Å². The predicted molar refractivity (Wildman–Crippen MR) is 149 cm³/mol. The van der Waals surface area contributed by atoms with Crippen molar-refractivity contribution in [1.29, 1.82) is 0 Å². The first-order chi connectivity index (χ1) is 17.4. The molecule has 7 nitrogen and oxygen atoms in total. The molecule has 184 valence electrons. The summed E-state index contributed by atoms with van der Waals surface area (Å²) in [6.45, 7) is 4.15. The van der Waals surface area contributed by atoms with Crippen LogP contribution in [0.1, 0.15) is 36.5 Å². The van der Waals surface area contributed by atoms with Crippen molar-refractivity contribution in [1.82, 2.24) is 20.3 Å². The van der Waals surface area contributed by atoms with Crippen LogP contribution in [0.2, 0.25) is 0 Å². The summed E-state index contributed by atoms with van der Waals surface area (Å²) in [5.41, 5.74) is 6.31. The molecule has 8 heteroatoms. The van der Waals surface area contributed by atoms with Gasteiger partial charge in [-0.1, -0.05) is 37.6 Å². The number of nitrogens with one attached hydrogen (secondary N) is 2. The van der Waals surface area contributed by atoms with Crippen molar-refractivity contribution in [3.05, 3.63) is 83.4 Å². The first-order valence-electron chi connectivity index (χ1n) is 11.9. The van der Waals surface area contributed by atoms with Crippen LogP contribution in [0, 0.1) is 6.92 Å². The number of amides is 1. The number of ether oxygens (including phenoxy) is 1. The molecule has 0 aliphatic rings. The summed E-state index contributed by atoms with van der Waals surface area (Å²) in [6.07, 6.45) is 6.58. The molecule has 0 bridgehead atoms. The smallest absolute Gasteiger partial charge is 0.250 e. The Labute approximate surface area is 216 Å². The van der Waals surface area contributed by atoms with Gasteiger partial charge in [-0.25, -0.2) is 0 Å². The normalized spacial score (nSPS) is 11.1. The molecule has 0 fully saturated rings. The molecule has 0 aliphatic carbocycles. The van der Waals surface area contributed by atoms with Gasteiger partial charge in [0.15, 0.2) is 5.11 Å². The Morgan fingerprint density at radius 2 is 1.75 bits per heavy atom. The Morgan fingerprint density at radius 3 is 2.42 bits per heavy atom. The number of fused-ring (bicyclic) bond motifs is 1. The van der Waals surface area contributed by atoms with Crippen LogP contribution in [0.25, 0.3) is 22.8 Å². The monoisotopic (exact) mass is 499 g/mol. The molecular weight excluding hydrogens is 470 g/mol. The highest BCUT2D eigenvalue weighted by Crippen LogP contribution is 2.22. The quantitative estimate of drug-likeness (QED) is 0.242. The van der Waals surface area contributed by atoms with Gasteiger partial charge >= 0.3 is 0 Å². The second kappa shape index (κ2) is 11.6. The number of aromatic nitrogens is 3. The van der Waals surface area contributed by atoms with Crippen molar-refractivity contribution in [3.63, 3.8) is 0 Å². The third kappa shape index (κ3) is 6.34. The van der Waals surface area contributed by atoms with Crippen LogP contribution in [-0.4, -0.2) is 33.1 Å². The van der Waals surface area contributed by atoms with E-state index in [1.54, 1.807) is 18.0 Å². The fourth-order valence-corrected chi connectivity index (χ4v) is 3.90. The van der Waals surface area contributed by atoms with E-state index in [0.29, 0.717) is 0 Å². The van der Waals surface area contributed by atoms with Crippen LogP contribution in [0.5, 0.6) is 5.75 Å². The van der Waals surface area contributed by atoms with E-state index in [2.05, 4.69) is 39.9 Å². The maximum absolute atomic E-state index is 12.3. The summed E-state index contributed by atoms with van der Waals surface area (Å²) in [5, 5.41) is 15.2. The molecule has 0 aliphatic heterocycles. The lowest BCUT2D eigenvalue weighted by atomic mass is 10.1. The fraction of sp³-hybridized carbons (Fsp3) is 0.214. The highest BCUT2D eigenvalue weighted by atomic mass is 32.1. The lowest BCUT2D eigenvalue weighted by Gasteiger charge is -2.10. The van der Waals surface area contributed by atoms with Crippen LogP contribution in [0.4, 0.5) is 5.69 Å². The van der Waals surface area contributed by atoms with E-state index in [-0.39, 0.29) is 11.0 Å². The van der Waals surface area contributed by atoms with Gasteiger partial charge in [0, 0.05) is 11.8 Å². The number of unbranched alkanes of at least 4 members (excludes halogenated alkanes) is 1. The molecule has 0 atom stereocenters. The summed E-state index contributed by atoms with van der Waals surface area (Å²) >= 11 is 5.35. The predicted octanol–water partition coefficient (Wildman–Crippen LogP) is 5.61. The Kier molecular flexibility index (Phi) is 8.07. The van der Waals surface area contributed by atoms with E-state index in [4.69, 9.17) is 17.0 Å². The van der Waals surface area contributed by atoms with Crippen LogP contribution < -0.4 is 15.4 Å². The van der Waals surface area contributed by atoms with Crippen molar-refractivity contribution in [3.8, 4) is 11.4 Å². The number of rotatable bonds is 8. The Morgan fingerprint density at radius 1 is 1.06 bits per heavy atom. The minimum atomic E-state index is -0.324. The average molecular weight is 500 g/mol. The van der Waals surface area contributed by atoms with Crippen molar-refractivity contribution >= 4 is 46.0 Å². The zero-order valence-electron chi connectivity index (χ0n) is 20.6. The van der Waals surface area contributed by atoms with Crippen molar-refractivity contribution < 1.29 is 9.53 Å². The van der Waals surface area contributed by atoms with Gasteiger partial charge in [-0.2, -0.15) is 4.80 Å². The van der Waals surface area contributed by atoms with E-state index in [0.717, 1.165) is 45.7 Å². The largest absolute Gasteiger partial charge is 0.497 e. The van der Waals surface area contributed by atoms with E-state index in [1.165, 1.54) is 24.5 Å². The zero-order chi connectivity index (χ0) is 25.5. The number of nitrogens with zero attached hydrogens (tertiary/aromatic N) is 3. The molecule has 0 saturated heterocycles. The third-order valence-electron chi connectivity index (χ3n) is 5.74. The summed E-state index contributed by atoms with van der Waals surface area (Å²) < 4.78 is 5.14. The van der Waals surface area contributed by atoms with Crippen molar-refractivity contribution in [2.24, 2.45) is 0 Å². The Bertz CT molecular complexity index is 1390. The van der Waals surface area contributed by atoms with E-state index in [1.807, 2.05) is 55.5 Å². The van der Waals surface area contributed by atoms with Crippen LogP contribution in [-0.2, 0) is 11.2 Å². The molecule has 36 heavy (non-hydrogen) atoms. The number of aryl methyl sites for hydroxylation is 2. The molecule has 1 heterocycles. The molecule has 0 saturated carbocycles. The topological polar surface area (TPSA) is 81.1 Å². The number of hydrogen-bond donors (Lipinski definition) is 2. The SMILES string of the molecule is CCCCc1ccc(-n2nc3cc(C)c(NC(=S)NC(=O)/C=C/c4ccc(OC)cc4)cc3n2)cc1. The minimum absolute atomic E-state index is 0.205. The van der Waals surface area contributed by atoms with Crippen LogP contribution >= 0.6 is 12.2 Å². The van der Waals surface area contributed by atoms with Gasteiger partial charge in [-0.15, -0.1) is 10.2 Å². The fourth-order valence-electron chi connectivity index (χ4n) is 3.69. The highest BCUT2D eigenvalue weighted by molar-refractivity contribution is 7.80. The van der Waals surface area contributed by atoms with Gasteiger partial charge in [0.05, 0.1) is 12.8 Å². The molecular formula is C28H29N5O2S. The number of hydrogen-bond acceptors (Lipinski definition) is 5. The number of thiocarbonyl (C=S) groups is 1. The summed E-state index contributed by atoms with van der Waals surface area (Å²) in [4.78, 5) is 13.9. The lowest BCUT2D eigenvalue weighted by Crippen LogP contribution is -2.33. The third-order valence-corrected chi connectivity index (χ3v) is 5.94. The maximum Gasteiger partial charge on any atom is 0.250 e. The first-order valence-corrected chi connectivity index (χ1v) is 12.3. The summed E-state index contributed by atoms with van der Waals surface area (Å²) in [6, 6.07) is 19.6. The second-order valence-electron chi connectivity index (χ2n) is 8.47. The zero-order valence-corrected chi connectivity index (χ0v) is 21.4. The molecule has 0 spiro atoms. The summed E-state index contributed by atoms with van der Waals surface area (Å²) in [5.74, 6) is 0.435. The first kappa shape index (κ1) is 25.1. The van der Waals surface area contributed by atoms with Crippen LogP contribution in [0.15, 0.2) is 66.7 Å². The highest BCUT2D eigenvalue weighted by Gasteiger charge is 2.10. The van der Waals surface area contributed by atoms with Gasteiger partial charge < -0.3 is 10.1 Å². The average Bonchev–Trinajstić information content (AvgIpc) is 3.29. The molecule has 2 N–H and O–H groups in total. The molecule has 1 aromatic heterocycles. The second-order valence-corrected chi connectivity index (χ2v) is 8.87. The Hall–Kier alpha value is -4.04. The van der Waals surface area contributed by atoms with Crippen LogP contribution in [0.3, 0.4) is 0 Å². The molecule has 0 radical (unpaired) electrons. The minimum Gasteiger partial charge on any atom is -0.497 e. The van der Waals surface area contributed by atoms with Gasteiger partial charge in [0.2, 0.25) is 5.91 Å². The van der Waals surface area contributed by atoms with Crippen molar-refractivity contribution in [2.75, 3.05) is 12.4 Å². The molecule has 4 aromatic rings. The maximum atomic E-state index is 12.3. The van der Waals surface area contributed by atoms with Gasteiger partial charge in [0.25, 0.3) is 0 Å². The van der Waals surface area contributed by atoms with Gasteiger partial charge in [0.1, 0.15) is 16.8 Å². The number of methoxy groups -OCH3 is 1. The van der Waals surface area contributed by atoms with E-state index < -0.39 is 0 Å². The summed E-state index contributed by atoms with van der Waals surface area (Å²) in [7, 11) is 1.61. The number of anilines is 1.